The number of methoxy groups -OCH3 is 1. The van der Waals surface area contributed by atoms with Crippen molar-refractivity contribution in [2.24, 2.45) is 10.8 Å². The Morgan fingerprint density at radius 1 is 0.786 bits per heavy atom. The fourth-order valence-electron chi connectivity index (χ4n) is 6.24. The van der Waals surface area contributed by atoms with E-state index in [1.807, 2.05) is 71.9 Å². The molecule has 0 aliphatic carbocycles. The van der Waals surface area contributed by atoms with E-state index < -0.39 is 46.6 Å². The van der Waals surface area contributed by atoms with Crippen molar-refractivity contribution in [2.75, 3.05) is 12.0 Å². The number of carbonyl (C=O) groups excluding carboxylic acids is 4. The van der Waals surface area contributed by atoms with E-state index in [2.05, 4.69) is 0 Å². The van der Waals surface area contributed by atoms with E-state index in [0.717, 1.165) is 27.2 Å². The quantitative estimate of drug-likeness (QED) is 0.237. The molecule has 0 saturated carbocycles. The van der Waals surface area contributed by atoms with Gasteiger partial charge in [-0.2, -0.15) is 0 Å². The minimum atomic E-state index is -1.23. The lowest BCUT2D eigenvalue weighted by Gasteiger charge is -2.46. The molecule has 42 heavy (non-hydrogen) atoms. The molecule has 7 nitrogen and oxygen atoms in total. The second-order valence-corrected chi connectivity index (χ2v) is 12.8. The predicted octanol–water partition coefficient (Wildman–Crippen LogP) is 6.60. The van der Waals surface area contributed by atoms with Crippen molar-refractivity contribution in [3.63, 3.8) is 0 Å². The first-order valence-electron chi connectivity index (χ1n) is 14.1. The SMILES string of the molecule is COC(=O)C(C)(C)C(c1c(C)cc(C)cc1C)N(C(=O)C(N1C(=O)c2ccccc2C1=O)C(C)(C)C)c1ccccc1. The van der Waals surface area contributed by atoms with Gasteiger partial charge in [-0.1, -0.05) is 68.8 Å². The molecule has 0 aromatic heterocycles. The molecule has 1 heterocycles. The molecule has 2 unspecified atom stereocenters. The molecule has 7 heteroatoms. The summed E-state index contributed by atoms with van der Waals surface area (Å²) in [7, 11) is 1.33. The molecule has 0 fully saturated rings. The molecule has 3 aromatic carbocycles. The lowest BCUT2D eigenvalue weighted by molar-refractivity contribution is -0.152. The Balaban J connectivity index is 2.02. The summed E-state index contributed by atoms with van der Waals surface area (Å²) in [5, 5.41) is 0. The van der Waals surface area contributed by atoms with Crippen LogP contribution >= 0.6 is 0 Å². The summed E-state index contributed by atoms with van der Waals surface area (Å²) in [5.74, 6) is -1.98. The summed E-state index contributed by atoms with van der Waals surface area (Å²) in [5.41, 5.74) is 2.69. The molecule has 0 N–H and O–H groups in total. The van der Waals surface area contributed by atoms with Gasteiger partial charge in [0.15, 0.2) is 0 Å². The fraction of sp³-hybridized carbons (Fsp3) is 0.371. The van der Waals surface area contributed by atoms with Crippen LogP contribution in [0.4, 0.5) is 5.69 Å². The number of hydrogen-bond acceptors (Lipinski definition) is 5. The van der Waals surface area contributed by atoms with Gasteiger partial charge < -0.3 is 9.64 Å². The van der Waals surface area contributed by atoms with Crippen molar-refractivity contribution < 1.29 is 23.9 Å². The normalized spacial score (nSPS) is 14.8. The molecule has 220 valence electrons. The highest BCUT2D eigenvalue weighted by Crippen LogP contribution is 2.46. The van der Waals surface area contributed by atoms with E-state index in [1.54, 1.807) is 55.1 Å². The number of ether oxygens (including phenoxy) is 1. The maximum absolute atomic E-state index is 15.2. The number of esters is 1. The summed E-state index contributed by atoms with van der Waals surface area (Å²) in [6.07, 6.45) is 0. The third-order valence-corrected chi connectivity index (χ3v) is 8.07. The third-order valence-electron chi connectivity index (χ3n) is 8.07. The number of para-hydroxylation sites is 1. The van der Waals surface area contributed by atoms with Crippen LogP contribution in [0.2, 0.25) is 0 Å². The number of nitrogens with zero attached hydrogens (tertiary/aromatic N) is 2. The monoisotopic (exact) mass is 568 g/mol. The van der Waals surface area contributed by atoms with Gasteiger partial charge in [-0.15, -0.1) is 0 Å². The van der Waals surface area contributed by atoms with Crippen LogP contribution < -0.4 is 4.90 Å². The minimum absolute atomic E-state index is 0.271. The van der Waals surface area contributed by atoms with Crippen LogP contribution in [0, 0.1) is 31.6 Å². The highest BCUT2D eigenvalue weighted by Gasteiger charge is 2.53. The molecule has 1 aliphatic rings. The Morgan fingerprint density at radius 2 is 1.26 bits per heavy atom. The number of fused-ring (bicyclic) bond motifs is 1. The molecular formula is C35H40N2O5. The van der Waals surface area contributed by atoms with Crippen LogP contribution in [0.15, 0.2) is 66.7 Å². The highest BCUT2D eigenvalue weighted by molar-refractivity contribution is 6.23. The van der Waals surface area contributed by atoms with E-state index >= 15 is 4.79 Å². The van der Waals surface area contributed by atoms with Gasteiger partial charge in [0.2, 0.25) is 0 Å². The average molecular weight is 569 g/mol. The number of rotatable bonds is 7. The van der Waals surface area contributed by atoms with Crippen LogP contribution in [-0.4, -0.2) is 41.7 Å². The smallest absolute Gasteiger partial charge is 0.313 e. The summed E-state index contributed by atoms with van der Waals surface area (Å²) in [6.45, 7) is 15.0. The fourth-order valence-corrected chi connectivity index (χ4v) is 6.24. The Hall–Kier alpha value is -4.26. The first-order chi connectivity index (χ1) is 19.6. The van der Waals surface area contributed by atoms with Crippen molar-refractivity contribution in [3.05, 3.63) is 100 Å². The maximum Gasteiger partial charge on any atom is 0.313 e. The number of benzene rings is 3. The molecule has 2 atom stereocenters. The van der Waals surface area contributed by atoms with Gasteiger partial charge in [0.1, 0.15) is 6.04 Å². The molecule has 4 rings (SSSR count). The van der Waals surface area contributed by atoms with Crippen molar-refractivity contribution in [2.45, 2.75) is 67.5 Å². The Morgan fingerprint density at radius 3 is 1.71 bits per heavy atom. The molecule has 0 spiro atoms. The largest absolute Gasteiger partial charge is 0.469 e. The lowest BCUT2D eigenvalue weighted by atomic mass is 9.75. The number of hydrogen-bond donors (Lipinski definition) is 0. The van der Waals surface area contributed by atoms with E-state index in [1.165, 1.54) is 7.11 Å². The lowest BCUT2D eigenvalue weighted by Crippen LogP contribution is -2.59. The van der Waals surface area contributed by atoms with E-state index in [9.17, 15) is 14.4 Å². The number of amides is 3. The molecule has 3 aromatic rings. The van der Waals surface area contributed by atoms with Crippen LogP contribution in [0.5, 0.6) is 0 Å². The molecule has 3 amide bonds. The summed E-state index contributed by atoms with van der Waals surface area (Å²) >= 11 is 0. The van der Waals surface area contributed by atoms with E-state index in [-0.39, 0.29) is 11.1 Å². The van der Waals surface area contributed by atoms with E-state index in [0.29, 0.717) is 5.69 Å². The number of anilines is 1. The minimum Gasteiger partial charge on any atom is -0.469 e. The average Bonchev–Trinajstić information content (AvgIpc) is 3.16. The zero-order valence-corrected chi connectivity index (χ0v) is 25.9. The van der Waals surface area contributed by atoms with Gasteiger partial charge in [0.25, 0.3) is 17.7 Å². The molecular weight excluding hydrogens is 528 g/mol. The third kappa shape index (κ3) is 5.24. The van der Waals surface area contributed by atoms with Crippen LogP contribution in [0.1, 0.15) is 83.6 Å². The van der Waals surface area contributed by atoms with Gasteiger partial charge in [-0.05, 0) is 81.0 Å². The Bertz CT molecular complexity index is 1490. The van der Waals surface area contributed by atoms with Gasteiger partial charge in [-0.3, -0.25) is 24.1 Å². The Kier molecular flexibility index (Phi) is 8.18. The number of carbonyl (C=O) groups is 4. The van der Waals surface area contributed by atoms with Gasteiger partial charge in [0.05, 0.1) is 29.7 Å². The van der Waals surface area contributed by atoms with Crippen molar-refractivity contribution in [1.82, 2.24) is 4.90 Å². The first-order valence-corrected chi connectivity index (χ1v) is 14.1. The second-order valence-electron chi connectivity index (χ2n) is 12.8. The molecule has 0 saturated heterocycles. The van der Waals surface area contributed by atoms with Crippen molar-refractivity contribution in [1.29, 1.82) is 0 Å². The van der Waals surface area contributed by atoms with Gasteiger partial charge in [0, 0.05) is 5.69 Å². The maximum atomic E-state index is 15.2. The Labute approximate surface area is 248 Å². The van der Waals surface area contributed by atoms with Crippen molar-refractivity contribution in [3.8, 4) is 0 Å². The van der Waals surface area contributed by atoms with E-state index in [4.69, 9.17) is 4.74 Å². The standard InChI is InChI=1S/C35H40N2O5/c1-21-19-22(2)27(23(3)20-21)28(35(7,8)33(41)42-9)36(24-15-11-10-12-16-24)32(40)29(34(4,5)6)37-30(38)25-17-13-14-18-26(25)31(37)39/h10-20,28-29H,1-9H3. The number of imide groups is 1. The van der Waals surface area contributed by atoms with Gasteiger partial charge in [-0.25, -0.2) is 0 Å². The first kappa shape index (κ1) is 30.7. The molecule has 0 radical (unpaired) electrons. The predicted molar refractivity (Wildman–Crippen MR) is 163 cm³/mol. The van der Waals surface area contributed by atoms with Gasteiger partial charge >= 0.3 is 5.97 Å². The van der Waals surface area contributed by atoms with Crippen LogP contribution in [-0.2, 0) is 14.3 Å². The number of aryl methyl sites for hydroxylation is 3. The molecule has 1 aliphatic heterocycles. The zero-order chi connectivity index (χ0) is 31.1. The highest BCUT2D eigenvalue weighted by atomic mass is 16.5. The summed E-state index contributed by atoms with van der Waals surface area (Å²) in [4.78, 5) is 58.9. The second kappa shape index (κ2) is 11.2. The summed E-state index contributed by atoms with van der Waals surface area (Å²) in [6, 6.07) is 17.8. The zero-order valence-electron chi connectivity index (χ0n) is 25.9. The van der Waals surface area contributed by atoms with Crippen LogP contribution in [0.3, 0.4) is 0 Å². The topological polar surface area (TPSA) is 84.0 Å². The van der Waals surface area contributed by atoms with Crippen LogP contribution in [0.25, 0.3) is 0 Å². The molecule has 0 bridgehead atoms. The van der Waals surface area contributed by atoms with Crippen molar-refractivity contribution >= 4 is 29.4 Å². The summed E-state index contributed by atoms with van der Waals surface area (Å²) < 4.78 is 5.30.